The van der Waals surface area contributed by atoms with Crippen LogP contribution in [-0.4, -0.2) is 25.5 Å². The lowest BCUT2D eigenvalue weighted by molar-refractivity contribution is -0.137. The van der Waals surface area contributed by atoms with Crippen LogP contribution in [0.15, 0.2) is 35.5 Å². The molecule has 0 aromatic carbocycles. The van der Waals surface area contributed by atoms with Crippen molar-refractivity contribution in [1.82, 2.24) is 5.32 Å². The van der Waals surface area contributed by atoms with E-state index in [1.807, 2.05) is 6.08 Å². The maximum atomic E-state index is 11.3. The highest BCUT2D eigenvalue weighted by Gasteiger charge is 2.10. The van der Waals surface area contributed by atoms with E-state index in [0.29, 0.717) is 13.0 Å². The van der Waals surface area contributed by atoms with E-state index in [0.717, 1.165) is 17.6 Å². The lowest BCUT2D eigenvalue weighted by atomic mass is 9.97. The highest BCUT2D eigenvalue weighted by molar-refractivity contribution is 5.93. The van der Waals surface area contributed by atoms with Gasteiger partial charge in [-0.2, -0.15) is 0 Å². The Morgan fingerprint density at radius 3 is 2.71 bits per heavy atom. The van der Waals surface area contributed by atoms with Crippen molar-refractivity contribution in [1.29, 1.82) is 0 Å². The molecule has 0 aliphatic heterocycles. The molecule has 0 spiro atoms. The summed E-state index contributed by atoms with van der Waals surface area (Å²) >= 11 is 0. The number of carbonyl (C=O) groups is 2. The molecular formula is C13H17NO3. The van der Waals surface area contributed by atoms with Gasteiger partial charge in [0, 0.05) is 18.7 Å². The van der Waals surface area contributed by atoms with Crippen LogP contribution in [0.5, 0.6) is 0 Å². The van der Waals surface area contributed by atoms with Crippen molar-refractivity contribution in [3.05, 3.63) is 35.5 Å². The number of rotatable bonds is 4. The fourth-order valence-corrected chi connectivity index (χ4v) is 1.51. The molecule has 0 aromatic rings. The van der Waals surface area contributed by atoms with Crippen LogP contribution in [0, 0.1) is 0 Å². The van der Waals surface area contributed by atoms with E-state index >= 15 is 0 Å². The van der Waals surface area contributed by atoms with Crippen LogP contribution < -0.4 is 5.32 Å². The molecule has 1 aliphatic carbocycles. The topological polar surface area (TPSA) is 55.4 Å². The van der Waals surface area contributed by atoms with Gasteiger partial charge >= 0.3 is 5.97 Å². The minimum absolute atomic E-state index is 0.0466. The van der Waals surface area contributed by atoms with Gasteiger partial charge in [0.1, 0.15) is 0 Å². The molecule has 17 heavy (non-hydrogen) atoms. The standard InChI is InChI=1S/C13H17NO3/c1-3-17-12(15)9-6-10-4-7-11(8-5-10)13(16)14-2/h4,6-7,9H,3,5,8H2,1-2H3,(H,14,16). The first kappa shape index (κ1) is 13.2. The number of hydrogen-bond donors (Lipinski definition) is 1. The molecule has 0 bridgehead atoms. The Morgan fingerprint density at radius 1 is 1.41 bits per heavy atom. The molecule has 0 saturated heterocycles. The SMILES string of the molecule is CCOC(=O)C=CC1=CC=C(C(=O)NC)CC1. The summed E-state index contributed by atoms with van der Waals surface area (Å²) in [4.78, 5) is 22.4. The predicted octanol–water partition coefficient (Wildman–Crippen LogP) is 1.50. The average Bonchev–Trinajstić information content (AvgIpc) is 2.36. The molecule has 1 rings (SSSR count). The molecule has 0 heterocycles. The monoisotopic (exact) mass is 235 g/mol. The van der Waals surface area contributed by atoms with E-state index in [1.165, 1.54) is 6.08 Å². The van der Waals surface area contributed by atoms with E-state index < -0.39 is 0 Å². The Kier molecular flexibility index (Phi) is 5.20. The maximum Gasteiger partial charge on any atom is 0.330 e. The molecule has 4 heteroatoms. The number of nitrogens with one attached hydrogen (secondary N) is 1. The summed E-state index contributed by atoms with van der Waals surface area (Å²) in [6.45, 7) is 2.15. The van der Waals surface area contributed by atoms with Gasteiger partial charge in [0.15, 0.2) is 0 Å². The molecule has 92 valence electrons. The highest BCUT2D eigenvalue weighted by Crippen LogP contribution is 2.19. The first-order valence-corrected chi connectivity index (χ1v) is 5.64. The zero-order valence-corrected chi connectivity index (χ0v) is 10.2. The first-order valence-electron chi connectivity index (χ1n) is 5.64. The molecule has 4 nitrogen and oxygen atoms in total. The van der Waals surface area contributed by atoms with E-state index in [2.05, 4.69) is 5.32 Å². The van der Waals surface area contributed by atoms with E-state index in [1.54, 1.807) is 26.1 Å². The van der Waals surface area contributed by atoms with Gasteiger partial charge in [-0.15, -0.1) is 0 Å². The molecule has 1 aliphatic rings. The summed E-state index contributed by atoms with van der Waals surface area (Å²) in [5.74, 6) is -0.385. The normalized spacial score (nSPS) is 15.2. The lowest BCUT2D eigenvalue weighted by Crippen LogP contribution is -2.20. The Morgan fingerprint density at radius 2 is 2.18 bits per heavy atom. The predicted molar refractivity (Wildman–Crippen MR) is 65.2 cm³/mol. The van der Waals surface area contributed by atoms with E-state index in [-0.39, 0.29) is 11.9 Å². The Bertz CT molecular complexity index is 391. The van der Waals surface area contributed by atoms with E-state index in [9.17, 15) is 9.59 Å². The molecule has 0 atom stereocenters. The van der Waals surface area contributed by atoms with Gasteiger partial charge in [0.25, 0.3) is 0 Å². The van der Waals surface area contributed by atoms with Gasteiger partial charge in [-0.05, 0) is 25.3 Å². The van der Waals surface area contributed by atoms with Crippen LogP contribution >= 0.6 is 0 Å². The van der Waals surface area contributed by atoms with Crippen molar-refractivity contribution in [3.8, 4) is 0 Å². The zero-order chi connectivity index (χ0) is 12.7. The highest BCUT2D eigenvalue weighted by atomic mass is 16.5. The van der Waals surface area contributed by atoms with Gasteiger partial charge in [0.2, 0.25) is 5.91 Å². The number of amides is 1. The lowest BCUT2D eigenvalue weighted by Gasteiger charge is -2.10. The number of hydrogen-bond acceptors (Lipinski definition) is 3. The van der Waals surface area contributed by atoms with Gasteiger partial charge in [0.05, 0.1) is 6.61 Å². The Labute approximate surface area is 101 Å². The smallest absolute Gasteiger partial charge is 0.330 e. The minimum Gasteiger partial charge on any atom is -0.463 e. The summed E-state index contributed by atoms with van der Waals surface area (Å²) in [6.07, 6.45) is 8.23. The maximum absolute atomic E-state index is 11.3. The van der Waals surface area contributed by atoms with Crippen LogP contribution in [0.4, 0.5) is 0 Å². The van der Waals surface area contributed by atoms with Crippen LogP contribution in [0.25, 0.3) is 0 Å². The molecule has 0 saturated carbocycles. The fourth-order valence-electron chi connectivity index (χ4n) is 1.51. The van der Waals surface area contributed by atoms with Crippen LogP contribution in [0.2, 0.25) is 0 Å². The second kappa shape index (κ2) is 6.68. The Balaban J connectivity index is 2.59. The van der Waals surface area contributed by atoms with Crippen LogP contribution in [0.3, 0.4) is 0 Å². The first-order chi connectivity index (χ1) is 8.17. The van der Waals surface area contributed by atoms with Crippen molar-refractivity contribution in [2.24, 2.45) is 0 Å². The minimum atomic E-state index is -0.338. The third-order valence-electron chi connectivity index (χ3n) is 2.42. The summed E-state index contributed by atoms with van der Waals surface area (Å²) in [7, 11) is 1.61. The number of esters is 1. The zero-order valence-electron chi connectivity index (χ0n) is 10.2. The summed E-state index contributed by atoms with van der Waals surface area (Å²) < 4.78 is 4.78. The third kappa shape index (κ3) is 4.26. The van der Waals surface area contributed by atoms with Gasteiger partial charge in [-0.1, -0.05) is 18.2 Å². The molecule has 0 aromatic heterocycles. The number of carbonyl (C=O) groups excluding carboxylic acids is 2. The number of allylic oxidation sites excluding steroid dienone is 4. The van der Waals surface area contributed by atoms with E-state index in [4.69, 9.17) is 4.74 Å². The Hall–Kier alpha value is -1.84. The molecule has 1 amide bonds. The van der Waals surface area contributed by atoms with Crippen LogP contribution in [-0.2, 0) is 14.3 Å². The second-order valence-corrected chi connectivity index (χ2v) is 3.60. The second-order valence-electron chi connectivity index (χ2n) is 3.60. The molecule has 0 unspecified atom stereocenters. The van der Waals surface area contributed by atoms with Gasteiger partial charge < -0.3 is 10.1 Å². The van der Waals surface area contributed by atoms with Crippen molar-refractivity contribution in [2.75, 3.05) is 13.7 Å². The number of likely N-dealkylation sites (N-methyl/N-ethyl adjacent to an activating group) is 1. The van der Waals surface area contributed by atoms with Crippen molar-refractivity contribution in [2.45, 2.75) is 19.8 Å². The summed E-state index contributed by atoms with van der Waals surface area (Å²) in [6, 6.07) is 0. The fraction of sp³-hybridized carbons (Fsp3) is 0.385. The number of ether oxygens (including phenoxy) is 1. The largest absolute Gasteiger partial charge is 0.463 e. The molecule has 1 N–H and O–H groups in total. The quantitative estimate of drug-likeness (QED) is 0.593. The van der Waals surface area contributed by atoms with Crippen LogP contribution in [0.1, 0.15) is 19.8 Å². The van der Waals surface area contributed by atoms with Gasteiger partial charge in [-0.3, -0.25) is 4.79 Å². The molecule has 0 fully saturated rings. The van der Waals surface area contributed by atoms with Gasteiger partial charge in [-0.25, -0.2) is 4.79 Å². The summed E-state index contributed by atoms with van der Waals surface area (Å²) in [5.41, 5.74) is 1.78. The van der Waals surface area contributed by atoms with Crippen molar-refractivity contribution < 1.29 is 14.3 Å². The average molecular weight is 235 g/mol. The molecular weight excluding hydrogens is 218 g/mol. The van der Waals surface area contributed by atoms with Crippen molar-refractivity contribution in [3.63, 3.8) is 0 Å². The van der Waals surface area contributed by atoms with Crippen molar-refractivity contribution >= 4 is 11.9 Å². The third-order valence-corrected chi connectivity index (χ3v) is 2.42. The summed E-state index contributed by atoms with van der Waals surface area (Å²) in [5, 5.41) is 2.59. The molecule has 0 radical (unpaired) electrons.